The van der Waals surface area contributed by atoms with Crippen LogP contribution in [0.1, 0.15) is 362 Å². The highest BCUT2D eigenvalue weighted by Gasteiger charge is 2.30. The van der Waals surface area contributed by atoms with Gasteiger partial charge in [-0.25, -0.2) is 9.13 Å². The maximum atomic E-state index is 13.1. The number of ether oxygens (including phenoxy) is 4. The summed E-state index contributed by atoms with van der Waals surface area (Å²) < 4.78 is 68.5. The molecule has 0 aromatic rings. The quantitative estimate of drug-likeness (QED) is 0.0169. The summed E-state index contributed by atoms with van der Waals surface area (Å²) in [4.78, 5) is 72.9. The maximum Gasteiger partial charge on any atom is 0.472 e. The number of hydrogen-bond acceptors (Lipinski definition) is 15. The fraction of sp³-hybridized carbons (Fsp3) is 0.823. The summed E-state index contributed by atoms with van der Waals surface area (Å²) in [5.41, 5.74) is 0. The number of unbranched alkanes of at least 4 members (excludes halogenated alkanes) is 39. The van der Waals surface area contributed by atoms with Crippen LogP contribution in [0.3, 0.4) is 0 Å². The van der Waals surface area contributed by atoms with Gasteiger partial charge in [0.2, 0.25) is 0 Å². The number of aliphatic hydroxyl groups is 1. The zero-order valence-electron chi connectivity index (χ0n) is 62.5. The Morgan fingerprint density at radius 1 is 0.286 bits per heavy atom. The van der Waals surface area contributed by atoms with Crippen molar-refractivity contribution in [1.82, 2.24) is 0 Å². The topological polar surface area (TPSA) is 237 Å². The smallest absolute Gasteiger partial charge is 0.462 e. The minimum Gasteiger partial charge on any atom is -0.462 e. The van der Waals surface area contributed by atoms with Crippen LogP contribution in [0.4, 0.5) is 0 Å². The van der Waals surface area contributed by atoms with Crippen LogP contribution in [0.2, 0.25) is 0 Å². The van der Waals surface area contributed by atoms with Gasteiger partial charge >= 0.3 is 39.5 Å². The van der Waals surface area contributed by atoms with Gasteiger partial charge in [-0.2, -0.15) is 0 Å². The molecule has 0 saturated carbocycles. The van der Waals surface area contributed by atoms with Gasteiger partial charge in [0, 0.05) is 25.7 Å². The molecule has 0 amide bonds. The number of phosphoric ester groups is 2. The fourth-order valence-corrected chi connectivity index (χ4v) is 12.4. The Labute approximate surface area is 597 Å². The van der Waals surface area contributed by atoms with Gasteiger partial charge in [0.15, 0.2) is 12.2 Å². The van der Waals surface area contributed by atoms with E-state index < -0.39 is 97.5 Å². The summed E-state index contributed by atoms with van der Waals surface area (Å²) in [5.74, 6) is -2.18. The van der Waals surface area contributed by atoms with Gasteiger partial charge in [-0.15, -0.1) is 0 Å². The average Bonchev–Trinajstić information content (AvgIpc) is 1.04. The molecule has 572 valence electrons. The van der Waals surface area contributed by atoms with E-state index in [1.54, 1.807) is 0 Å². The van der Waals surface area contributed by atoms with Crippen molar-refractivity contribution in [3.8, 4) is 0 Å². The van der Waals surface area contributed by atoms with Crippen molar-refractivity contribution in [3.63, 3.8) is 0 Å². The first-order valence-electron chi connectivity index (χ1n) is 39.5. The largest absolute Gasteiger partial charge is 0.472 e. The van der Waals surface area contributed by atoms with E-state index in [9.17, 15) is 43.2 Å². The van der Waals surface area contributed by atoms with Crippen molar-refractivity contribution in [3.05, 3.63) is 60.8 Å². The van der Waals surface area contributed by atoms with E-state index in [2.05, 4.69) is 88.5 Å². The lowest BCUT2D eigenvalue weighted by molar-refractivity contribution is -0.161. The monoisotopic (exact) mass is 1430 g/mol. The van der Waals surface area contributed by atoms with E-state index in [0.29, 0.717) is 25.7 Å². The maximum absolute atomic E-state index is 13.1. The second kappa shape index (κ2) is 72.1. The number of phosphoric acid groups is 2. The van der Waals surface area contributed by atoms with Gasteiger partial charge < -0.3 is 33.8 Å². The first-order chi connectivity index (χ1) is 47.7. The Kier molecular flexibility index (Phi) is 69.7. The molecule has 0 aliphatic rings. The summed E-state index contributed by atoms with van der Waals surface area (Å²) in [5, 5.41) is 10.6. The molecule has 0 aromatic carbocycles. The van der Waals surface area contributed by atoms with Gasteiger partial charge in [-0.3, -0.25) is 37.3 Å². The molecule has 0 saturated heterocycles. The predicted molar refractivity (Wildman–Crippen MR) is 400 cm³/mol. The van der Waals surface area contributed by atoms with Crippen LogP contribution in [0.5, 0.6) is 0 Å². The Morgan fingerprint density at radius 3 is 0.796 bits per heavy atom. The minimum atomic E-state index is -4.97. The Bertz CT molecular complexity index is 2100. The van der Waals surface area contributed by atoms with Gasteiger partial charge in [-0.05, 0) is 116 Å². The molecule has 2 unspecified atom stereocenters. The van der Waals surface area contributed by atoms with Gasteiger partial charge in [-0.1, -0.05) is 281 Å². The summed E-state index contributed by atoms with van der Waals surface area (Å²) in [6.07, 6.45) is 70.5. The van der Waals surface area contributed by atoms with Crippen molar-refractivity contribution in [1.29, 1.82) is 0 Å². The molecule has 0 aliphatic carbocycles. The van der Waals surface area contributed by atoms with E-state index in [1.807, 2.05) is 0 Å². The normalized spacial score (nSPS) is 14.2. The summed E-state index contributed by atoms with van der Waals surface area (Å²) in [6.45, 7) is 4.84. The lowest BCUT2D eigenvalue weighted by Crippen LogP contribution is -2.30. The third-order valence-corrected chi connectivity index (χ3v) is 18.9. The molecule has 0 heterocycles. The van der Waals surface area contributed by atoms with Crippen molar-refractivity contribution < 1.29 is 80.2 Å². The third-order valence-electron chi connectivity index (χ3n) is 17.0. The first kappa shape index (κ1) is 94.8. The molecule has 0 aromatic heterocycles. The number of allylic oxidation sites excluding steroid dienone is 10. The van der Waals surface area contributed by atoms with Crippen molar-refractivity contribution in [2.45, 2.75) is 380 Å². The lowest BCUT2D eigenvalue weighted by atomic mass is 10.0. The second-order valence-corrected chi connectivity index (χ2v) is 29.6. The van der Waals surface area contributed by atoms with Crippen LogP contribution < -0.4 is 0 Å². The SMILES string of the molecule is CCCCC/C=C\C/C=C\CCCCCCCC(=O)O[C@H](COC(=O)CCCCCCCCC/C=C\CCCCCC)COP(=O)(O)OC[C@@H](O)COP(=O)(O)OC[C@@H](COC(=O)CCCCCCCCCCCCCCC)OC(=O)CCCCCCC/C=C\C/C=C\CCCCC. The number of rotatable bonds is 75. The Balaban J connectivity index is 5.34. The van der Waals surface area contributed by atoms with Gasteiger partial charge in [0.1, 0.15) is 19.3 Å². The van der Waals surface area contributed by atoms with Crippen LogP contribution in [0, 0.1) is 0 Å². The average molecular weight is 1430 g/mol. The third kappa shape index (κ3) is 71.2. The number of esters is 4. The van der Waals surface area contributed by atoms with Crippen molar-refractivity contribution in [2.24, 2.45) is 0 Å². The molecule has 98 heavy (non-hydrogen) atoms. The van der Waals surface area contributed by atoms with E-state index >= 15 is 0 Å². The van der Waals surface area contributed by atoms with E-state index in [-0.39, 0.29) is 25.7 Å². The number of hydrogen-bond donors (Lipinski definition) is 3. The molecular formula is C79H144O17P2. The molecule has 3 N–H and O–H groups in total. The minimum absolute atomic E-state index is 0.0818. The molecule has 17 nitrogen and oxygen atoms in total. The molecule has 0 aliphatic heterocycles. The molecule has 0 fully saturated rings. The molecule has 0 radical (unpaired) electrons. The molecule has 19 heteroatoms. The fourth-order valence-electron chi connectivity index (χ4n) is 10.9. The van der Waals surface area contributed by atoms with Crippen LogP contribution in [-0.2, 0) is 65.4 Å². The number of carbonyl (C=O) groups excluding carboxylic acids is 4. The van der Waals surface area contributed by atoms with Crippen molar-refractivity contribution >= 4 is 39.5 Å². The van der Waals surface area contributed by atoms with Gasteiger partial charge in [0.25, 0.3) is 0 Å². The Hall–Kier alpha value is -3.24. The lowest BCUT2D eigenvalue weighted by Gasteiger charge is -2.21. The highest BCUT2D eigenvalue weighted by Crippen LogP contribution is 2.45. The Morgan fingerprint density at radius 2 is 0.500 bits per heavy atom. The molecular weight excluding hydrogens is 1280 g/mol. The van der Waals surface area contributed by atoms with Crippen LogP contribution in [0.15, 0.2) is 60.8 Å². The summed E-state index contributed by atoms with van der Waals surface area (Å²) >= 11 is 0. The summed E-state index contributed by atoms with van der Waals surface area (Å²) in [6, 6.07) is 0. The second-order valence-electron chi connectivity index (χ2n) is 26.7. The molecule has 5 atom stereocenters. The molecule has 0 bridgehead atoms. The summed E-state index contributed by atoms with van der Waals surface area (Å²) in [7, 11) is -9.94. The molecule has 0 rings (SSSR count). The number of aliphatic hydroxyl groups excluding tert-OH is 1. The number of carbonyl (C=O) groups is 4. The van der Waals surface area contributed by atoms with Crippen LogP contribution in [0.25, 0.3) is 0 Å². The van der Waals surface area contributed by atoms with Crippen LogP contribution >= 0.6 is 15.6 Å². The standard InChI is InChI=1S/C79H144O17P2/c1-5-9-13-17-21-25-29-33-36-40-44-48-52-56-60-64-77(82)90-70-75(96-79(84)66-62-58-54-50-46-42-38-35-31-27-23-19-15-11-7-3)72-94-98(87,88)92-68-73(80)67-91-97(85,86)93-71-74(69-89-76(81)63-59-55-51-47-43-39-32-28-24-20-16-12-8-4)95-78(83)65-61-57-53-49-45-41-37-34-30-26-22-18-14-10-6-2/h22-23,25-27,29,34-35,37-38,73-75,80H,5-21,24,28,30-33,36,39-72H2,1-4H3,(H,85,86)(H,87,88)/b26-22-,27-23-,29-25-,37-34-,38-35-/t73-,74+,75+/m0/s1. The zero-order valence-corrected chi connectivity index (χ0v) is 64.3. The molecule has 0 spiro atoms. The van der Waals surface area contributed by atoms with E-state index in [1.165, 1.54) is 135 Å². The van der Waals surface area contributed by atoms with Gasteiger partial charge in [0.05, 0.1) is 26.4 Å². The van der Waals surface area contributed by atoms with E-state index in [4.69, 9.17) is 37.0 Å². The predicted octanol–water partition coefficient (Wildman–Crippen LogP) is 22.7. The first-order valence-corrected chi connectivity index (χ1v) is 42.5. The highest BCUT2D eigenvalue weighted by atomic mass is 31.2. The van der Waals surface area contributed by atoms with Crippen LogP contribution in [-0.4, -0.2) is 96.7 Å². The highest BCUT2D eigenvalue weighted by molar-refractivity contribution is 7.47. The zero-order chi connectivity index (χ0) is 71.8. The van der Waals surface area contributed by atoms with E-state index in [0.717, 1.165) is 148 Å². The van der Waals surface area contributed by atoms with Crippen molar-refractivity contribution in [2.75, 3.05) is 39.6 Å².